The molecular weight excluding hydrogens is 286 g/mol. The Morgan fingerprint density at radius 3 is 2.50 bits per heavy atom. The average Bonchev–Trinajstić information content (AvgIpc) is 3.37. The molecule has 1 aromatic rings. The maximum atomic E-state index is 11.8. The van der Waals surface area contributed by atoms with Crippen molar-refractivity contribution >= 4 is 17.8 Å². The molecule has 0 bridgehead atoms. The molecule has 1 atom stereocenters. The van der Waals surface area contributed by atoms with E-state index >= 15 is 0 Å². The second-order valence-corrected chi connectivity index (χ2v) is 5.21. The van der Waals surface area contributed by atoms with Gasteiger partial charge in [0.1, 0.15) is 6.04 Å². The minimum Gasteiger partial charge on any atom is -0.467 e. The van der Waals surface area contributed by atoms with Gasteiger partial charge in [-0.15, -0.1) is 0 Å². The van der Waals surface area contributed by atoms with Crippen molar-refractivity contribution in [1.82, 2.24) is 5.32 Å². The normalized spacial score (nSPS) is 14.8. The van der Waals surface area contributed by atoms with E-state index < -0.39 is 17.9 Å². The largest absolute Gasteiger partial charge is 0.467 e. The average molecular weight is 305 g/mol. The quantitative estimate of drug-likeness (QED) is 0.755. The van der Waals surface area contributed by atoms with Gasteiger partial charge in [0, 0.05) is 6.42 Å². The summed E-state index contributed by atoms with van der Waals surface area (Å²) in [5.74, 6) is -1.47. The highest BCUT2D eigenvalue weighted by atomic mass is 16.5. The smallest absolute Gasteiger partial charge is 0.328 e. The minimum absolute atomic E-state index is 0.0616. The van der Waals surface area contributed by atoms with Crippen molar-refractivity contribution in [3.8, 4) is 0 Å². The Bertz CT molecular complexity index is 539. The number of ether oxygens (including phenoxy) is 2. The number of carbonyl (C=O) groups is 3. The Labute approximate surface area is 128 Å². The summed E-state index contributed by atoms with van der Waals surface area (Å²) >= 11 is 0. The van der Waals surface area contributed by atoms with Crippen LogP contribution in [-0.2, 0) is 30.3 Å². The van der Waals surface area contributed by atoms with E-state index in [4.69, 9.17) is 9.47 Å². The third-order valence-electron chi connectivity index (χ3n) is 3.36. The molecule has 1 saturated carbocycles. The van der Waals surface area contributed by atoms with Crippen molar-refractivity contribution < 1.29 is 23.9 Å². The first kappa shape index (κ1) is 16.0. The van der Waals surface area contributed by atoms with E-state index in [0.717, 1.165) is 18.4 Å². The lowest BCUT2D eigenvalue weighted by molar-refractivity contribution is -0.151. The first-order chi connectivity index (χ1) is 10.6. The fraction of sp³-hybridized carbons (Fsp3) is 0.438. The number of rotatable bonds is 7. The summed E-state index contributed by atoms with van der Waals surface area (Å²) in [6.07, 6.45) is 1.95. The molecule has 22 heavy (non-hydrogen) atoms. The van der Waals surface area contributed by atoms with Crippen LogP contribution in [0.25, 0.3) is 0 Å². The molecule has 1 N–H and O–H groups in total. The number of nitrogens with one attached hydrogen (secondary N) is 1. The topological polar surface area (TPSA) is 81.7 Å². The molecule has 6 heteroatoms. The third kappa shape index (κ3) is 4.87. The second kappa shape index (κ2) is 7.59. The Kier molecular flexibility index (Phi) is 5.52. The molecule has 118 valence electrons. The molecule has 1 amide bonds. The minimum atomic E-state index is -0.806. The fourth-order valence-electron chi connectivity index (χ4n) is 1.99. The Hall–Kier alpha value is -2.37. The van der Waals surface area contributed by atoms with Gasteiger partial charge in [-0.2, -0.15) is 0 Å². The van der Waals surface area contributed by atoms with E-state index in [1.165, 1.54) is 7.11 Å². The third-order valence-corrected chi connectivity index (χ3v) is 3.36. The van der Waals surface area contributed by atoms with Crippen LogP contribution < -0.4 is 5.32 Å². The number of carbonyl (C=O) groups excluding carboxylic acids is 3. The van der Waals surface area contributed by atoms with Crippen LogP contribution in [-0.4, -0.2) is 37.6 Å². The number of benzene rings is 1. The molecule has 1 aliphatic rings. The van der Waals surface area contributed by atoms with Gasteiger partial charge in [-0.05, 0) is 18.4 Å². The summed E-state index contributed by atoms with van der Waals surface area (Å²) in [6, 6.07) is 8.47. The number of hydrogen-bond acceptors (Lipinski definition) is 5. The van der Waals surface area contributed by atoms with Crippen molar-refractivity contribution in [2.45, 2.75) is 25.3 Å². The highest BCUT2D eigenvalue weighted by Crippen LogP contribution is 2.29. The molecule has 1 fully saturated rings. The molecule has 6 nitrogen and oxygen atoms in total. The number of hydrogen-bond donors (Lipinski definition) is 1. The predicted octanol–water partition coefficient (Wildman–Crippen LogP) is 0.840. The zero-order valence-electron chi connectivity index (χ0n) is 12.4. The number of methoxy groups -OCH3 is 1. The van der Waals surface area contributed by atoms with Crippen LogP contribution in [0.1, 0.15) is 18.4 Å². The lowest BCUT2D eigenvalue weighted by atomic mass is 10.1. The van der Waals surface area contributed by atoms with Gasteiger partial charge in [0.05, 0.1) is 13.0 Å². The van der Waals surface area contributed by atoms with Gasteiger partial charge >= 0.3 is 11.9 Å². The SMILES string of the molecule is COC(=O)[C@@H](Cc1ccccc1)NC(=O)COC(=O)C1CC1. The van der Waals surface area contributed by atoms with Gasteiger partial charge in [-0.25, -0.2) is 4.79 Å². The number of esters is 2. The fourth-order valence-corrected chi connectivity index (χ4v) is 1.99. The zero-order chi connectivity index (χ0) is 15.9. The van der Waals surface area contributed by atoms with Crippen LogP contribution in [0.15, 0.2) is 30.3 Å². The van der Waals surface area contributed by atoms with Crippen molar-refractivity contribution in [2.24, 2.45) is 5.92 Å². The van der Waals surface area contributed by atoms with Crippen LogP contribution in [0.4, 0.5) is 0 Å². The lowest BCUT2D eigenvalue weighted by Crippen LogP contribution is -2.44. The van der Waals surface area contributed by atoms with Crippen LogP contribution in [0.3, 0.4) is 0 Å². The van der Waals surface area contributed by atoms with E-state index in [-0.39, 0.29) is 18.5 Å². The second-order valence-electron chi connectivity index (χ2n) is 5.21. The first-order valence-electron chi connectivity index (χ1n) is 7.18. The molecule has 0 radical (unpaired) electrons. The summed E-state index contributed by atoms with van der Waals surface area (Å²) in [4.78, 5) is 35.0. The van der Waals surface area contributed by atoms with Crippen molar-refractivity contribution in [3.63, 3.8) is 0 Å². The van der Waals surface area contributed by atoms with Gasteiger partial charge in [0.25, 0.3) is 5.91 Å². The summed E-state index contributed by atoms with van der Waals surface area (Å²) in [7, 11) is 1.26. The van der Waals surface area contributed by atoms with Crippen molar-refractivity contribution in [1.29, 1.82) is 0 Å². The molecular formula is C16H19NO5. The highest BCUT2D eigenvalue weighted by molar-refractivity contribution is 5.86. The van der Waals surface area contributed by atoms with Crippen LogP contribution in [0.5, 0.6) is 0 Å². The molecule has 0 heterocycles. The van der Waals surface area contributed by atoms with E-state index in [1.807, 2.05) is 30.3 Å². The highest BCUT2D eigenvalue weighted by Gasteiger charge is 2.32. The monoisotopic (exact) mass is 305 g/mol. The summed E-state index contributed by atoms with van der Waals surface area (Å²) in [5, 5.41) is 2.54. The molecule has 0 spiro atoms. The molecule has 1 aromatic carbocycles. The van der Waals surface area contributed by atoms with E-state index in [9.17, 15) is 14.4 Å². The maximum Gasteiger partial charge on any atom is 0.328 e. The van der Waals surface area contributed by atoms with Crippen molar-refractivity contribution in [3.05, 3.63) is 35.9 Å². The van der Waals surface area contributed by atoms with Gasteiger partial charge in [0.15, 0.2) is 6.61 Å². The van der Waals surface area contributed by atoms with Gasteiger partial charge in [-0.1, -0.05) is 30.3 Å². The number of amides is 1. The van der Waals surface area contributed by atoms with E-state index in [1.54, 1.807) is 0 Å². The first-order valence-corrected chi connectivity index (χ1v) is 7.18. The van der Waals surface area contributed by atoms with Crippen LogP contribution in [0, 0.1) is 5.92 Å². The maximum absolute atomic E-state index is 11.8. The molecule has 0 aliphatic heterocycles. The molecule has 0 saturated heterocycles. The summed E-state index contributed by atoms with van der Waals surface area (Å²) < 4.78 is 9.59. The molecule has 2 rings (SSSR count). The zero-order valence-corrected chi connectivity index (χ0v) is 12.4. The summed E-state index contributed by atoms with van der Waals surface area (Å²) in [5.41, 5.74) is 0.896. The van der Waals surface area contributed by atoms with Gasteiger partial charge in [0.2, 0.25) is 0 Å². The van der Waals surface area contributed by atoms with E-state index in [0.29, 0.717) is 6.42 Å². The van der Waals surface area contributed by atoms with Crippen LogP contribution >= 0.6 is 0 Å². The van der Waals surface area contributed by atoms with Crippen LogP contribution in [0.2, 0.25) is 0 Å². The van der Waals surface area contributed by atoms with E-state index in [2.05, 4.69) is 5.32 Å². The Morgan fingerprint density at radius 1 is 1.23 bits per heavy atom. The summed E-state index contributed by atoms with van der Waals surface area (Å²) in [6.45, 7) is -0.377. The van der Waals surface area contributed by atoms with Crippen molar-refractivity contribution in [2.75, 3.05) is 13.7 Å². The Balaban J connectivity index is 1.86. The standard InChI is InChI=1S/C16H19NO5/c1-21-16(20)13(9-11-5-3-2-4-6-11)17-14(18)10-22-15(19)12-7-8-12/h2-6,12-13H,7-10H2,1H3,(H,17,18)/t13-/m1/s1. The molecule has 0 aromatic heterocycles. The lowest BCUT2D eigenvalue weighted by Gasteiger charge is -2.16. The van der Waals surface area contributed by atoms with Gasteiger partial charge < -0.3 is 14.8 Å². The predicted molar refractivity (Wildman–Crippen MR) is 77.8 cm³/mol. The van der Waals surface area contributed by atoms with Gasteiger partial charge in [-0.3, -0.25) is 9.59 Å². The molecule has 1 aliphatic carbocycles. The Morgan fingerprint density at radius 2 is 1.91 bits per heavy atom. The molecule has 0 unspecified atom stereocenters.